The van der Waals surface area contributed by atoms with Gasteiger partial charge in [0.1, 0.15) is 0 Å². The number of rotatable bonds is 3. The third-order valence-electron chi connectivity index (χ3n) is 3.99. The highest BCUT2D eigenvalue weighted by Gasteiger charge is 2.46. The normalized spacial score (nSPS) is 19.1. The first-order valence-electron chi connectivity index (χ1n) is 6.77. The first-order valence-corrected chi connectivity index (χ1v) is 6.77. The third kappa shape index (κ3) is 2.32. The minimum absolute atomic E-state index is 0.0665. The number of ketones is 1. The highest BCUT2D eigenvalue weighted by Crippen LogP contribution is 2.49. The zero-order valence-corrected chi connectivity index (χ0v) is 11.2. The van der Waals surface area contributed by atoms with E-state index < -0.39 is 0 Å². The van der Waals surface area contributed by atoms with Crippen LogP contribution in [0, 0.1) is 12.3 Å². The van der Waals surface area contributed by atoms with Gasteiger partial charge in [0.25, 0.3) is 0 Å². The monoisotopic (exact) mass is 261 g/mol. The van der Waals surface area contributed by atoms with Gasteiger partial charge in [-0.25, -0.2) is 0 Å². The molecular formula is C15H19NO3. The molecule has 0 atom stereocenters. The van der Waals surface area contributed by atoms with E-state index in [2.05, 4.69) is 0 Å². The molecule has 0 radical (unpaired) electrons. The van der Waals surface area contributed by atoms with E-state index >= 15 is 0 Å². The Bertz CT molecular complexity index is 520. The minimum Gasteiger partial charge on any atom is -0.489 e. The van der Waals surface area contributed by atoms with Crippen LogP contribution in [0.5, 0.6) is 11.5 Å². The largest absolute Gasteiger partial charge is 0.489 e. The summed E-state index contributed by atoms with van der Waals surface area (Å²) in [6.07, 6.45) is 2.70. The highest BCUT2D eigenvalue weighted by molar-refractivity contribution is 5.98. The fourth-order valence-electron chi connectivity index (χ4n) is 2.42. The van der Waals surface area contributed by atoms with Gasteiger partial charge in [0.2, 0.25) is 0 Å². The Morgan fingerprint density at radius 3 is 2.47 bits per heavy atom. The number of fused-ring (bicyclic) bond motifs is 1. The molecule has 1 aromatic rings. The summed E-state index contributed by atoms with van der Waals surface area (Å²) in [4.78, 5) is 12.0. The molecule has 3 rings (SSSR count). The summed E-state index contributed by atoms with van der Waals surface area (Å²) in [7, 11) is 0. The van der Waals surface area contributed by atoms with Crippen molar-refractivity contribution in [3.63, 3.8) is 0 Å². The molecule has 102 valence electrons. The summed E-state index contributed by atoms with van der Waals surface area (Å²) >= 11 is 0. The molecule has 0 aromatic heterocycles. The second kappa shape index (κ2) is 4.53. The van der Waals surface area contributed by atoms with Crippen LogP contribution < -0.4 is 15.2 Å². The molecule has 1 aliphatic carbocycles. The van der Waals surface area contributed by atoms with Crippen LogP contribution >= 0.6 is 0 Å². The maximum atomic E-state index is 12.0. The van der Waals surface area contributed by atoms with Crippen LogP contribution in [0.2, 0.25) is 0 Å². The molecule has 19 heavy (non-hydrogen) atoms. The summed E-state index contributed by atoms with van der Waals surface area (Å²) in [5.41, 5.74) is 7.28. The van der Waals surface area contributed by atoms with Crippen molar-refractivity contribution in [3.8, 4) is 11.5 Å². The SMILES string of the molecule is Cc1cc2c(cc1C(=O)CCN)OCC1(CC1)CO2. The predicted octanol–water partition coefficient (Wildman–Crippen LogP) is 2.08. The third-order valence-corrected chi connectivity index (χ3v) is 3.99. The van der Waals surface area contributed by atoms with E-state index in [0.717, 1.165) is 17.9 Å². The van der Waals surface area contributed by atoms with E-state index in [1.54, 1.807) is 0 Å². The van der Waals surface area contributed by atoms with E-state index in [9.17, 15) is 4.79 Å². The quantitative estimate of drug-likeness (QED) is 0.846. The number of nitrogens with two attached hydrogens (primary N) is 1. The number of hydrogen-bond acceptors (Lipinski definition) is 4. The van der Waals surface area contributed by atoms with Crippen LogP contribution in [0.3, 0.4) is 0 Å². The molecule has 0 amide bonds. The number of benzene rings is 1. The molecule has 1 heterocycles. The number of Topliss-reactive ketones (excluding diaryl/α,β-unsaturated/α-hetero) is 1. The van der Waals surface area contributed by atoms with E-state index in [1.165, 1.54) is 12.8 Å². The fourth-order valence-corrected chi connectivity index (χ4v) is 2.42. The van der Waals surface area contributed by atoms with Crippen molar-refractivity contribution in [1.82, 2.24) is 0 Å². The van der Waals surface area contributed by atoms with Gasteiger partial charge in [0.15, 0.2) is 17.3 Å². The lowest BCUT2D eigenvalue weighted by atomic mass is 10.0. The average Bonchev–Trinajstić information content (AvgIpc) is 3.18. The molecule has 0 saturated heterocycles. The Morgan fingerprint density at radius 2 is 1.89 bits per heavy atom. The fraction of sp³-hybridized carbons (Fsp3) is 0.533. The predicted molar refractivity (Wildman–Crippen MR) is 71.8 cm³/mol. The standard InChI is InChI=1S/C15H19NO3/c1-10-6-13-14(7-11(10)12(17)2-5-16)19-9-15(3-4-15)8-18-13/h6-7H,2-5,8-9,16H2,1H3. The van der Waals surface area contributed by atoms with Crippen molar-refractivity contribution in [2.24, 2.45) is 11.1 Å². The molecule has 2 N–H and O–H groups in total. The summed E-state index contributed by atoms with van der Waals surface area (Å²) in [5.74, 6) is 1.51. The molecule has 1 aliphatic heterocycles. The van der Waals surface area contributed by atoms with Gasteiger partial charge in [-0.15, -0.1) is 0 Å². The number of carbonyl (C=O) groups is 1. The highest BCUT2D eigenvalue weighted by atomic mass is 16.5. The van der Waals surface area contributed by atoms with Crippen molar-refractivity contribution in [2.45, 2.75) is 26.2 Å². The number of ether oxygens (including phenoxy) is 2. The van der Waals surface area contributed by atoms with Gasteiger partial charge in [-0.1, -0.05) is 0 Å². The molecule has 1 saturated carbocycles. The molecule has 0 bridgehead atoms. The van der Waals surface area contributed by atoms with Crippen LogP contribution in [0.1, 0.15) is 35.2 Å². The average molecular weight is 261 g/mol. The molecular weight excluding hydrogens is 242 g/mol. The maximum absolute atomic E-state index is 12.0. The smallest absolute Gasteiger partial charge is 0.164 e. The zero-order valence-electron chi connectivity index (χ0n) is 11.2. The Kier molecular flexibility index (Phi) is 2.97. The van der Waals surface area contributed by atoms with Crippen molar-refractivity contribution in [3.05, 3.63) is 23.3 Å². The Hall–Kier alpha value is -1.55. The van der Waals surface area contributed by atoms with Crippen molar-refractivity contribution in [2.75, 3.05) is 19.8 Å². The number of aryl methyl sites for hydroxylation is 1. The summed E-state index contributed by atoms with van der Waals surface area (Å²) < 4.78 is 11.7. The summed E-state index contributed by atoms with van der Waals surface area (Å²) in [6.45, 7) is 3.70. The maximum Gasteiger partial charge on any atom is 0.164 e. The van der Waals surface area contributed by atoms with Gasteiger partial charge < -0.3 is 15.2 Å². The molecule has 2 aliphatic rings. The van der Waals surface area contributed by atoms with Crippen molar-refractivity contribution in [1.29, 1.82) is 0 Å². The van der Waals surface area contributed by atoms with Crippen LogP contribution in [-0.2, 0) is 0 Å². The molecule has 0 unspecified atom stereocenters. The first-order chi connectivity index (χ1) is 9.13. The molecule has 1 aromatic carbocycles. The summed E-state index contributed by atoms with van der Waals surface area (Å²) in [6, 6.07) is 3.71. The van der Waals surface area contributed by atoms with Crippen molar-refractivity contribution < 1.29 is 14.3 Å². The van der Waals surface area contributed by atoms with Crippen LogP contribution in [-0.4, -0.2) is 25.5 Å². The summed E-state index contributed by atoms with van der Waals surface area (Å²) in [5, 5.41) is 0. The zero-order chi connectivity index (χ0) is 13.5. The van der Waals surface area contributed by atoms with Gasteiger partial charge in [0.05, 0.1) is 13.2 Å². The van der Waals surface area contributed by atoms with Gasteiger partial charge >= 0.3 is 0 Å². The molecule has 1 spiro atoms. The van der Waals surface area contributed by atoms with E-state index in [0.29, 0.717) is 30.9 Å². The van der Waals surface area contributed by atoms with E-state index in [4.69, 9.17) is 15.2 Å². The van der Waals surface area contributed by atoms with Gasteiger partial charge in [-0.05, 0) is 44.0 Å². The second-order valence-electron chi connectivity index (χ2n) is 5.65. The van der Waals surface area contributed by atoms with Crippen LogP contribution in [0.4, 0.5) is 0 Å². The lowest BCUT2D eigenvalue weighted by Crippen LogP contribution is -2.17. The first kappa shape index (κ1) is 12.5. The van der Waals surface area contributed by atoms with Crippen molar-refractivity contribution >= 4 is 5.78 Å². The van der Waals surface area contributed by atoms with Gasteiger partial charge in [-0.3, -0.25) is 4.79 Å². The van der Waals surface area contributed by atoms with E-state index in [-0.39, 0.29) is 11.2 Å². The topological polar surface area (TPSA) is 61.6 Å². The lowest BCUT2D eigenvalue weighted by Gasteiger charge is -2.11. The lowest BCUT2D eigenvalue weighted by molar-refractivity contribution is 0.0984. The van der Waals surface area contributed by atoms with Crippen LogP contribution in [0.15, 0.2) is 12.1 Å². The van der Waals surface area contributed by atoms with Gasteiger partial charge in [-0.2, -0.15) is 0 Å². The minimum atomic E-state index is 0.0665. The molecule has 4 heteroatoms. The van der Waals surface area contributed by atoms with E-state index in [1.807, 2.05) is 19.1 Å². The number of carbonyl (C=O) groups excluding carboxylic acids is 1. The Morgan fingerprint density at radius 1 is 1.26 bits per heavy atom. The molecule has 4 nitrogen and oxygen atoms in total. The molecule has 1 fully saturated rings. The number of hydrogen-bond donors (Lipinski definition) is 1. The van der Waals surface area contributed by atoms with Crippen LogP contribution in [0.25, 0.3) is 0 Å². The Balaban J connectivity index is 1.90. The van der Waals surface area contributed by atoms with Gasteiger partial charge in [0, 0.05) is 17.4 Å². The Labute approximate surface area is 112 Å². The second-order valence-corrected chi connectivity index (χ2v) is 5.65.